The van der Waals surface area contributed by atoms with Gasteiger partial charge in [0.15, 0.2) is 0 Å². The van der Waals surface area contributed by atoms with Crippen molar-refractivity contribution < 1.29 is 4.39 Å². The minimum absolute atomic E-state index is 0.231. The summed E-state index contributed by atoms with van der Waals surface area (Å²) in [6.45, 7) is 6.03. The second kappa shape index (κ2) is 5.48. The summed E-state index contributed by atoms with van der Waals surface area (Å²) in [5.41, 5.74) is 10.1. The van der Waals surface area contributed by atoms with E-state index in [1.54, 1.807) is 12.1 Å². The van der Waals surface area contributed by atoms with Gasteiger partial charge in [-0.3, -0.25) is 0 Å². The summed E-state index contributed by atoms with van der Waals surface area (Å²) < 4.78 is 15.0. The zero-order chi connectivity index (χ0) is 15.0. The molecule has 5 heteroatoms. The zero-order valence-corrected chi connectivity index (χ0v) is 12.5. The Morgan fingerprint density at radius 2 is 1.76 bits per heavy atom. The molecule has 1 aliphatic rings. The Balaban J connectivity index is 1.94. The Bertz CT molecular complexity index is 624. The number of aromatic nitrogens is 2. The van der Waals surface area contributed by atoms with E-state index in [0.717, 1.165) is 43.0 Å². The van der Waals surface area contributed by atoms with E-state index in [4.69, 9.17) is 5.73 Å². The Hall–Kier alpha value is -1.88. The highest BCUT2D eigenvalue weighted by Crippen LogP contribution is 2.28. The lowest BCUT2D eigenvalue weighted by atomic mass is 10.1. The molecule has 0 aliphatic carbocycles. The minimum Gasteiger partial charge on any atom is -0.368 e. The van der Waals surface area contributed by atoms with Crippen molar-refractivity contribution in [3.05, 3.63) is 41.5 Å². The van der Waals surface area contributed by atoms with Crippen LogP contribution in [0.4, 0.5) is 10.1 Å². The van der Waals surface area contributed by atoms with Crippen LogP contribution in [-0.4, -0.2) is 28.9 Å². The third-order valence-corrected chi connectivity index (χ3v) is 4.18. The molecule has 1 fully saturated rings. The lowest BCUT2D eigenvalue weighted by molar-refractivity contribution is 0.500. The average molecular weight is 288 g/mol. The van der Waals surface area contributed by atoms with Crippen molar-refractivity contribution in [3.8, 4) is 5.69 Å². The number of hydrogen-bond donors (Lipinski definition) is 1. The molecule has 1 aliphatic heterocycles. The first-order valence-corrected chi connectivity index (χ1v) is 7.39. The average Bonchev–Trinajstić information content (AvgIpc) is 2.76. The number of aryl methyl sites for hydroxylation is 1. The maximum absolute atomic E-state index is 13.1. The second-order valence-electron chi connectivity index (χ2n) is 5.73. The molecule has 0 radical (unpaired) electrons. The lowest BCUT2D eigenvalue weighted by Gasteiger charge is -2.32. The predicted octanol–water partition coefficient (Wildman–Crippen LogP) is 2.56. The van der Waals surface area contributed by atoms with E-state index in [-0.39, 0.29) is 5.82 Å². The number of halogens is 1. The molecule has 1 aromatic heterocycles. The van der Waals surface area contributed by atoms with E-state index in [2.05, 4.69) is 16.9 Å². The van der Waals surface area contributed by atoms with Gasteiger partial charge in [0.1, 0.15) is 5.82 Å². The number of hydrogen-bond acceptors (Lipinski definition) is 3. The molecule has 21 heavy (non-hydrogen) atoms. The quantitative estimate of drug-likeness (QED) is 0.924. The Morgan fingerprint density at radius 1 is 1.14 bits per heavy atom. The van der Waals surface area contributed by atoms with Gasteiger partial charge in [0.05, 0.1) is 22.8 Å². The number of rotatable bonds is 2. The highest BCUT2D eigenvalue weighted by atomic mass is 19.1. The standard InChI is InChI=1S/C16H21FN4/c1-11-16(20-9-7-14(18)8-10-20)12(2)21(19-11)15-5-3-13(17)4-6-15/h3-6,14H,7-10,18H2,1-2H3. The van der Waals surface area contributed by atoms with Gasteiger partial charge in [-0.2, -0.15) is 5.10 Å². The van der Waals surface area contributed by atoms with Gasteiger partial charge in [-0.1, -0.05) is 0 Å². The second-order valence-corrected chi connectivity index (χ2v) is 5.73. The molecule has 2 N–H and O–H groups in total. The minimum atomic E-state index is -0.231. The fourth-order valence-electron chi connectivity index (χ4n) is 3.05. The van der Waals surface area contributed by atoms with Crippen LogP contribution in [0.25, 0.3) is 5.69 Å². The van der Waals surface area contributed by atoms with Gasteiger partial charge in [0.25, 0.3) is 0 Å². The van der Waals surface area contributed by atoms with Crippen molar-refractivity contribution in [1.82, 2.24) is 9.78 Å². The van der Waals surface area contributed by atoms with Crippen LogP contribution in [0, 0.1) is 19.7 Å². The molecule has 1 saturated heterocycles. The van der Waals surface area contributed by atoms with Crippen LogP contribution in [0.2, 0.25) is 0 Å². The molecule has 0 atom stereocenters. The van der Waals surface area contributed by atoms with Crippen molar-refractivity contribution in [2.24, 2.45) is 5.73 Å². The predicted molar refractivity (Wildman–Crippen MR) is 82.4 cm³/mol. The molecule has 0 amide bonds. The number of nitrogens with two attached hydrogens (primary N) is 1. The van der Waals surface area contributed by atoms with Crippen LogP contribution < -0.4 is 10.6 Å². The summed E-state index contributed by atoms with van der Waals surface area (Å²) in [7, 11) is 0. The maximum Gasteiger partial charge on any atom is 0.123 e. The zero-order valence-electron chi connectivity index (χ0n) is 12.5. The van der Waals surface area contributed by atoms with Gasteiger partial charge < -0.3 is 10.6 Å². The molecule has 3 rings (SSSR count). The lowest BCUT2D eigenvalue weighted by Crippen LogP contribution is -2.40. The van der Waals surface area contributed by atoms with Gasteiger partial charge in [-0.15, -0.1) is 0 Å². The van der Waals surface area contributed by atoms with E-state index in [1.165, 1.54) is 17.8 Å². The highest BCUT2D eigenvalue weighted by molar-refractivity contribution is 5.57. The van der Waals surface area contributed by atoms with E-state index >= 15 is 0 Å². The smallest absolute Gasteiger partial charge is 0.123 e. The summed E-state index contributed by atoms with van der Waals surface area (Å²) in [6, 6.07) is 6.75. The molecule has 4 nitrogen and oxygen atoms in total. The molecule has 0 bridgehead atoms. The van der Waals surface area contributed by atoms with E-state index in [0.29, 0.717) is 6.04 Å². The summed E-state index contributed by atoms with van der Waals surface area (Å²) in [6.07, 6.45) is 2.03. The molecule has 2 aromatic rings. The fourth-order valence-corrected chi connectivity index (χ4v) is 3.05. The number of nitrogens with zero attached hydrogens (tertiary/aromatic N) is 3. The molecule has 0 saturated carbocycles. The summed E-state index contributed by atoms with van der Waals surface area (Å²) >= 11 is 0. The van der Waals surface area contributed by atoms with Gasteiger partial charge >= 0.3 is 0 Å². The Labute approximate surface area is 124 Å². The largest absolute Gasteiger partial charge is 0.368 e. The normalized spacial score (nSPS) is 16.5. The van der Waals surface area contributed by atoms with Crippen molar-refractivity contribution >= 4 is 5.69 Å². The van der Waals surface area contributed by atoms with E-state index in [1.807, 2.05) is 11.6 Å². The summed E-state index contributed by atoms with van der Waals surface area (Å²) in [5, 5.41) is 4.63. The van der Waals surface area contributed by atoms with E-state index in [9.17, 15) is 4.39 Å². The Kier molecular flexibility index (Phi) is 3.68. The molecule has 2 heterocycles. The fraction of sp³-hybridized carbons (Fsp3) is 0.438. The first-order valence-electron chi connectivity index (χ1n) is 7.39. The van der Waals surface area contributed by atoms with Crippen LogP contribution in [-0.2, 0) is 0 Å². The van der Waals surface area contributed by atoms with Gasteiger partial charge in [0.2, 0.25) is 0 Å². The van der Waals surface area contributed by atoms with Crippen molar-refractivity contribution in [3.63, 3.8) is 0 Å². The Morgan fingerprint density at radius 3 is 2.38 bits per heavy atom. The molecule has 0 unspecified atom stereocenters. The van der Waals surface area contributed by atoms with Crippen molar-refractivity contribution in [2.75, 3.05) is 18.0 Å². The molecule has 0 spiro atoms. The molecular weight excluding hydrogens is 267 g/mol. The maximum atomic E-state index is 13.1. The molecule has 112 valence electrons. The third kappa shape index (κ3) is 2.65. The first kappa shape index (κ1) is 14.1. The number of benzene rings is 1. The van der Waals surface area contributed by atoms with Crippen LogP contribution in [0.1, 0.15) is 24.2 Å². The van der Waals surface area contributed by atoms with Crippen molar-refractivity contribution in [1.29, 1.82) is 0 Å². The van der Waals surface area contributed by atoms with Crippen LogP contribution in [0.15, 0.2) is 24.3 Å². The van der Waals surface area contributed by atoms with Crippen LogP contribution in [0.3, 0.4) is 0 Å². The van der Waals surface area contributed by atoms with Gasteiger partial charge in [-0.25, -0.2) is 9.07 Å². The van der Waals surface area contributed by atoms with Gasteiger partial charge in [0, 0.05) is 19.1 Å². The topological polar surface area (TPSA) is 47.1 Å². The monoisotopic (exact) mass is 288 g/mol. The summed E-state index contributed by atoms with van der Waals surface area (Å²) in [4.78, 5) is 2.36. The van der Waals surface area contributed by atoms with Crippen molar-refractivity contribution in [2.45, 2.75) is 32.7 Å². The first-order chi connectivity index (χ1) is 10.1. The number of anilines is 1. The third-order valence-electron chi connectivity index (χ3n) is 4.18. The van der Waals surface area contributed by atoms with Crippen LogP contribution >= 0.6 is 0 Å². The SMILES string of the molecule is Cc1nn(-c2ccc(F)cc2)c(C)c1N1CCC(N)CC1. The highest BCUT2D eigenvalue weighted by Gasteiger charge is 2.22. The molecular formula is C16H21FN4. The molecule has 1 aromatic carbocycles. The van der Waals surface area contributed by atoms with E-state index < -0.39 is 0 Å². The van der Waals surface area contributed by atoms with Crippen LogP contribution in [0.5, 0.6) is 0 Å². The van der Waals surface area contributed by atoms with Gasteiger partial charge in [-0.05, 0) is 51.0 Å². The summed E-state index contributed by atoms with van der Waals surface area (Å²) in [5.74, 6) is -0.231. The number of piperidine rings is 1.